The molecule has 0 aliphatic heterocycles. The van der Waals surface area contributed by atoms with Crippen LogP contribution in [0.25, 0.3) is 0 Å². The van der Waals surface area contributed by atoms with Gasteiger partial charge in [0.1, 0.15) is 0 Å². The summed E-state index contributed by atoms with van der Waals surface area (Å²) in [5.41, 5.74) is 4.54. The van der Waals surface area contributed by atoms with E-state index in [0.29, 0.717) is 17.9 Å². The van der Waals surface area contributed by atoms with Gasteiger partial charge in [-0.05, 0) is 31.5 Å². The molecule has 1 aromatic rings. The smallest absolute Gasteiger partial charge is 0.398 e. The van der Waals surface area contributed by atoms with Crippen LogP contribution in [0.2, 0.25) is 0 Å². The highest BCUT2D eigenvalue weighted by atomic mass is 32.2. The molecule has 0 aromatic heterocycles. The number of nitrogens with one attached hydrogen (secondary N) is 1. The number of halogens is 3. The molecule has 0 heterocycles. The topological polar surface area (TPSA) is 55.1 Å². The van der Waals surface area contributed by atoms with Crippen molar-refractivity contribution in [1.82, 2.24) is 0 Å². The number of anilines is 2. The normalized spacial score (nSPS) is 15.0. The van der Waals surface area contributed by atoms with Gasteiger partial charge in [-0.25, -0.2) is 0 Å². The Hall–Kier alpha value is -1.24. The lowest BCUT2D eigenvalue weighted by molar-refractivity contribution is -0.136. The predicted octanol–water partition coefficient (Wildman–Crippen LogP) is 2.86. The van der Waals surface area contributed by atoms with Crippen molar-refractivity contribution in [3.8, 4) is 0 Å². The first-order valence-corrected chi connectivity index (χ1v) is 7.46. The second kappa shape index (κ2) is 6.27. The third-order valence-corrected chi connectivity index (χ3v) is 3.42. The fraction of sp³-hybridized carbons (Fsp3) is 0.500. The Morgan fingerprint density at radius 1 is 1.42 bits per heavy atom. The molecule has 1 rings (SSSR count). The highest BCUT2D eigenvalue weighted by molar-refractivity contribution is 7.84. The van der Waals surface area contributed by atoms with Crippen LogP contribution in [0.3, 0.4) is 0 Å². The number of nitrogens with two attached hydrogens (primary N) is 1. The zero-order valence-electron chi connectivity index (χ0n) is 10.8. The Morgan fingerprint density at radius 3 is 2.58 bits per heavy atom. The minimum absolute atomic E-state index is 0.0615. The van der Waals surface area contributed by atoms with Gasteiger partial charge in [-0.2, -0.15) is 13.2 Å². The first kappa shape index (κ1) is 15.8. The fourth-order valence-electron chi connectivity index (χ4n) is 1.59. The maximum atomic E-state index is 12.7. The molecule has 0 saturated carbocycles. The molecular weight excluding hydrogens is 277 g/mol. The van der Waals surface area contributed by atoms with Crippen LogP contribution >= 0.6 is 0 Å². The van der Waals surface area contributed by atoms with Gasteiger partial charge in [-0.15, -0.1) is 0 Å². The summed E-state index contributed by atoms with van der Waals surface area (Å²) >= 11 is 0. The van der Waals surface area contributed by atoms with Gasteiger partial charge in [0, 0.05) is 40.2 Å². The monoisotopic (exact) mass is 294 g/mol. The molecule has 1 aromatic carbocycles. The Balaban J connectivity index is 2.77. The molecule has 0 spiro atoms. The lowest BCUT2D eigenvalue weighted by Crippen LogP contribution is -2.18. The van der Waals surface area contributed by atoms with E-state index in [0.717, 1.165) is 6.07 Å². The maximum Gasteiger partial charge on any atom is 0.418 e. The molecule has 0 bridgehead atoms. The van der Waals surface area contributed by atoms with Crippen LogP contribution < -0.4 is 11.1 Å². The van der Waals surface area contributed by atoms with Crippen LogP contribution in [0.15, 0.2) is 18.2 Å². The SMILES string of the molecule is CC(CCS(C)=O)Nc1ccc(N)c(C(F)(F)F)c1. The Kier molecular flexibility index (Phi) is 5.22. The highest BCUT2D eigenvalue weighted by Crippen LogP contribution is 2.35. The average Bonchev–Trinajstić information content (AvgIpc) is 2.27. The molecular formula is C12H17F3N2OS. The number of rotatable bonds is 5. The summed E-state index contributed by atoms with van der Waals surface area (Å²) in [5, 5.41) is 2.95. The number of nitrogen functional groups attached to an aromatic ring is 1. The molecule has 0 fully saturated rings. The first-order valence-electron chi connectivity index (χ1n) is 5.73. The van der Waals surface area contributed by atoms with E-state index in [1.54, 1.807) is 6.26 Å². The van der Waals surface area contributed by atoms with E-state index < -0.39 is 22.5 Å². The van der Waals surface area contributed by atoms with Gasteiger partial charge >= 0.3 is 6.18 Å². The molecule has 7 heteroatoms. The first-order chi connectivity index (χ1) is 8.70. The summed E-state index contributed by atoms with van der Waals surface area (Å²) < 4.78 is 49.0. The number of benzene rings is 1. The highest BCUT2D eigenvalue weighted by Gasteiger charge is 2.33. The lowest BCUT2D eigenvalue weighted by Gasteiger charge is -2.17. The predicted molar refractivity (Wildman–Crippen MR) is 72.5 cm³/mol. The molecule has 0 radical (unpaired) electrons. The van der Waals surface area contributed by atoms with Gasteiger partial charge in [0.05, 0.1) is 5.56 Å². The van der Waals surface area contributed by atoms with Crippen LogP contribution in [-0.4, -0.2) is 22.3 Å². The molecule has 0 aliphatic rings. The molecule has 0 aliphatic carbocycles. The van der Waals surface area contributed by atoms with E-state index in [4.69, 9.17) is 5.73 Å². The van der Waals surface area contributed by atoms with Gasteiger partial charge in [0.25, 0.3) is 0 Å². The van der Waals surface area contributed by atoms with E-state index in [-0.39, 0.29) is 11.7 Å². The van der Waals surface area contributed by atoms with Crippen molar-refractivity contribution in [3.05, 3.63) is 23.8 Å². The minimum Gasteiger partial charge on any atom is -0.398 e. The number of hydrogen-bond donors (Lipinski definition) is 2. The molecule has 3 N–H and O–H groups in total. The van der Waals surface area contributed by atoms with Crippen molar-refractivity contribution in [2.24, 2.45) is 0 Å². The second-order valence-electron chi connectivity index (χ2n) is 4.41. The summed E-state index contributed by atoms with van der Waals surface area (Å²) in [5.74, 6) is 0.509. The third-order valence-electron chi connectivity index (χ3n) is 2.61. The summed E-state index contributed by atoms with van der Waals surface area (Å²) in [6.07, 6.45) is -2.25. The summed E-state index contributed by atoms with van der Waals surface area (Å²) in [7, 11) is -0.906. The Labute approximate surface area is 112 Å². The zero-order chi connectivity index (χ0) is 14.6. The quantitative estimate of drug-likeness (QED) is 0.821. The maximum absolute atomic E-state index is 12.7. The summed E-state index contributed by atoms with van der Waals surface area (Å²) in [6.45, 7) is 1.83. The average molecular weight is 294 g/mol. The molecule has 0 saturated heterocycles. The molecule has 108 valence electrons. The largest absolute Gasteiger partial charge is 0.418 e. The number of hydrogen-bond acceptors (Lipinski definition) is 3. The molecule has 3 nitrogen and oxygen atoms in total. The van der Waals surface area contributed by atoms with Gasteiger partial charge in [-0.1, -0.05) is 0 Å². The van der Waals surface area contributed by atoms with Crippen LogP contribution in [0.1, 0.15) is 18.9 Å². The number of alkyl halides is 3. The van der Waals surface area contributed by atoms with Gasteiger partial charge < -0.3 is 11.1 Å². The third kappa shape index (κ3) is 5.10. The fourth-order valence-corrected chi connectivity index (χ4v) is 2.28. The standard InChI is InChI=1S/C12H17F3N2OS/c1-8(5-6-19(2)18)17-9-3-4-11(16)10(7-9)12(13,14)15/h3-4,7-8,17H,5-6,16H2,1-2H3. The van der Waals surface area contributed by atoms with Gasteiger partial charge in [0.2, 0.25) is 0 Å². The summed E-state index contributed by atoms with van der Waals surface area (Å²) in [6, 6.07) is 3.67. The van der Waals surface area contributed by atoms with E-state index in [9.17, 15) is 17.4 Å². The Morgan fingerprint density at radius 2 is 2.05 bits per heavy atom. The Bertz CT molecular complexity index is 463. The van der Waals surface area contributed by atoms with E-state index in [2.05, 4.69) is 5.32 Å². The van der Waals surface area contributed by atoms with E-state index >= 15 is 0 Å². The van der Waals surface area contributed by atoms with Crippen molar-refractivity contribution in [2.45, 2.75) is 25.6 Å². The van der Waals surface area contributed by atoms with Crippen molar-refractivity contribution < 1.29 is 17.4 Å². The zero-order valence-corrected chi connectivity index (χ0v) is 11.6. The van der Waals surface area contributed by atoms with Gasteiger partial charge in [0.15, 0.2) is 0 Å². The van der Waals surface area contributed by atoms with Crippen molar-refractivity contribution in [1.29, 1.82) is 0 Å². The van der Waals surface area contributed by atoms with Crippen molar-refractivity contribution >= 4 is 22.2 Å². The molecule has 19 heavy (non-hydrogen) atoms. The van der Waals surface area contributed by atoms with Crippen LogP contribution in [0.4, 0.5) is 24.5 Å². The van der Waals surface area contributed by atoms with E-state index in [1.807, 2.05) is 6.92 Å². The van der Waals surface area contributed by atoms with Crippen LogP contribution in [0.5, 0.6) is 0 Å². The van der Waals surface area contributed by atoms with Crippen LogP contribution in [-0.2, 0) is 17.0 Å². The molecule has 2 atom stereocenters. The van der Waals surface area contributed by atoms with Gasteiger partial charge in [-0.3, -0.25) is 4.21 Å². The molecule has 0 amide bonds. The van der Waals surface area contributed by atoms with E-state index in [1.165, 1.54) is 12.1 Å². The molecule has 2 unspecified atom stereocenters. The summed E-state index contributed by atoms with van der Waals surface area (Å²) in [4.78, 5) is 0. The van der Waals surface area contributed by atoms with Crippen molar-refractivity contribution in [3.63, 3.8) is 0 Å². The van der Waals surface area contributed by atoms with Crippen LogP contribution in [0, 0.1) is 0 Å². The minimum atomic E-state index is -4.46. The lowest BCUT2D eigenvalue weighted by atomic mass is 10.1. The van der Waals surface area contributed by atoms with Crippen molar-refractivity contribution in [2.75, 3.05) is 23.1 Å². The second-order valence-corrected chi connectivity index (χ2v) is 5.97.